The highest BCUT2D eigenvalue weighted by Crippen LogP contribution is 2.22. The Labute approximate surface area is 277 Å². The molecule has 0 unspecified atom stereocenters. The highest BCUT2D eigenvalue weighted by molar-refractivity contribution is 6.04. The van der Waals surface area contributed by atoms with Crippen LogP contribution in [0.25, 0.3) is 22.5 Å². The minimum Gasteiger partial charge on any atom is -0.321 e. The lowest BCUT2D eigenvalue weighted by Gasteiger charge is -2.10. The number of pyridine rings is 2. The van der Waals surface area contributed by atoms with Gasteiger partial charge in [-0.1, -0.05) is 24.0 Å². The molecular formula is C38H30N8O2. The van der Waals surface area contributed by atoms with Crippen LogP contribution >= 0.6 is 0 Å². The maximum absolute atomic E-state index is 13.5. The van der Waals surface area contributed by atoms with Gasteiger partial charge in [0.15, 0.2) is 0 Å². The summed E-state index contributed by atoms with van der Waals surface area (Å²) in [6, 6.07) is 25.2. The third-order valence-corrected chi connectivity index (χ3v) is 7.54. The van der Waals surface area contributed by atoms with E-state index in [4.69, 9.17) is 23.0 Å². The van der Waals surface area contributed by atoms with Gasteiger partial charge in [-0.2, -0.15) is 10.2 Å². The van der Waals surface area contributed by atoms with Crippen molar-refractivity contribution < 1.29 is 9.59 Å². The van der Waals surface area contributed by atoms with Crippen molar-refractivity contribution >= 4 is 23.2 Å². The molecule has 0 spiro atoms. The number of hydrogen-bond donors (Lipinski definition) is 2. The molecule has 0 saturated carbocycles. The van der Waals surface area contributed by atoms with E-state index in [-0.39, 0.29) is 11.8 Å². The van der Waals surface area contributed by atoms with E-state index in [1.165, 1.54) is 0 Å². The van der Waals surface area contributed by atoms with Crippen LogP contribution in [0.2, 0.25) is 0 Å². The minimum atomic E-state index is -0.307. The molecule has 4 heterocycles. The lowest BCUT2D eigenvalue weighted by atomic mass is 10.2. The van der Waals surface area contributed by atoms with Gasteiger partial charge in [-0.15, -0.1) is 12.8 Å². The molecular weight excluding hydrogens is 600 g/mol. The van der Waals surface area contributed by atoms with Crippen LogP contribution in [0, 0.1) is 24.7 Å². The highest BCUT2D eigenvalue weighted by Gasteiger charge is 2.19. The number of hydrogen-bond acceptors (Lipinski definition) is 6. The molecule has 234 valence electrons. The van der Waals surface area contributed by atoms with Gasteiger partial charge in [0.25, 0.3) is 11.8 Å². The van der Waals surface area contributed by atoms with E-state index < -0.39 is 0 Å². The number of nitrogens with zero attached hydrogens (tertiary/aromatic N) is 6. The second-order valence-corrected chi connectivity index (χ2v) is 10.8. The second-order valence-electron chi connectivity index (χ2n) is 10.8. The van der Waals surface area contributed by atoms with Gasteiger partial charge < -0.3 is 10.6 Å². The molecule has 2 aromatic carbocycles. The zero-order valence-corrected chi connectivity index (χ0v) is 25.9. The first-order chi connectivity index (χ1) is 23.5. The predicted octanol–water partition coefficient (Wildman–Crippen LogP) is 6.15. The van der Waals surface area contributed by atoms with Gasteiger partial charge in [0.2, 0.25) is 0 Å². The topological polar surface area (TPSA) is 120 Å². The zero-order valence-electron chi connectivity index (χ0n) is 25.9. The van der Waals surface area contributed by atoms with E-state index in [9.17, 15) is 9.59 Å². The fourth-order valence-electron chi connectivity index (χ4n) is 5.15. The van der Waals surface area contributed by atoms with E-state index >= 15 is 0 Å². The van der Waals surface area contributed by atoms with E-state index in [0.29, 0.717) is 71.2 Å². The van der Waals surface area contributed by atoms with Crippen molar-refractivity contribution in [2.45, 2.75) is 25.9 Å². The predicted molar refractivity (Wildman–Crippen MR) is 185 cm³/mol. The van der Waals surface area contributed by atoms with Crippen LogP contribution < -0.4 is 10.6 Å². The molecule has 0 aliphatic rings. The Balaban J connectivity index is 1.20. The summed E-state index contributed by atoms with van der Waals surface area (Å²) in [6.45, 7) is 0.911. The summed E-state index contributed by atoms with van der Waals surface area (Å²) >= 11 is 0. The number of nitrogens with one attached hydrogen (secondary N) is 2. The molecule has 48 heavy (non-hydrogen) atoms. The second kappa shape index (κ2) is 14.5. The minimum absolute atomic E-state index is 0.307. The van der Waals surface area contributed by atoms with Crippen molar-refractivity contribution in [3.63, 3.8) is 0 Å². The van der Waals surface area contributed by atoms with E-state index in [1.54, 1.807) is 94.8 Å². The average Bonchev–Trinajstić information content (AvgIpc) is 3.76. The number of rotatable bonds is 11. The van der Waals surface area contributed by atoms with Crippen molar-refractivity contribution in [1.29, 1.82) is 0 Å². The molecule has 2 N–H and O–H groups in total. The number of anilines is 2. The number of aryl methyl sites for hydroxylation is 2. The van der Waals surface area contributed by atoms with Crippen molar-refractivity contribution in [3.8, 4) is 47.2 Å². The lowest BCUT2D eigenvalue weighted by Crippen LogP contribution is -2.19. The Morgan fingerprint density at radius 2 is 1.02 bits per heavy atom. The van der Waals surface area contributed by atoms with Crippen LogP contribution in [0.4, 0.5) is 11.4 Å². The molecule has 0 saturated heterocycles. The van der Waals surface area contributed by atoms with E-state index in [2.05, 4.69) is 32.4 Å². The Morgan fingerprint density at radius 3 is 1.42 bits per heavy atom. The van der Waals surface area contributed by atoms with Gasteiger partial charge >= 0.3 is 0 Å². The van der Waals surface area contributed by atoms with Gasteiger partial charge in [0.05, 0.1) is 11.4 Å². The normalized spacial score (nSPS) is 10.5. The molecule has 0 fully saturated rings. The Hall–Kier alpha value is -6.78. The van der Waals surface area contributed by atoms with Crippen LogP contribution in [0.1, 0.15) is 44.9 Å². The fraction of sp³-hybridized carbons (Fsp3) is 0.105. The van der Waals surface area contributed by atoms with Gasteiger partial charge in [-0.25, -0.2) is 0 Å². The third-order valence-electron chi connectivity index (χ3n) is 7.54. The first-order valence-corrected chi connectivity index (χ1v) is 15.2. The number of terminal acetylenes is 2. The first kappa shape index (κ1) is 31.2. The SMILES string of the molecule is C#Cc1cccc(NC(=O)c2cc(-c3ccncc3)nn2CCCCn2nc(-c3ccncc3)cc2C(=O)Nc2cccc(C#C)c2)c1. The fourth-order valence-corrected chi connectivity index (χ4v) is 5.15. The molecule has 10 nitrogen and oxygen atoms in total. The Morgan fingerprint density at radius 1 is 0.604 bits per heavy atom. The van der Waals surface area contributed by atoms with Gasteiger partial charge in [0.1, 0.15) is 11.4 Å². The summed E-state index contributed by atoms with van der Waals surface area (Å²) < 4.78 is 3.40. The molecule has 6 rings (SSSR count). The van der Waals surface area contributed by atoms with Crippen LogP contribution in [0.15, 0.2) is 110 Å². The first-order valence-electron chi connectivity index (χ1n) is 15.2. The summed E-state index contributed by atoms with van der Waals surface area (Å²) in [6.07, 6.45) is 19.1. The maximum atomic E-state index is 13.5. The Bertz CT molecular complexity index is 2000. The average molecular weight is 631 g/mol. The van der Waals surface area contributed by atoms with Gasteiger partial charge in [-0.05, 0) is 85.6 Å². The number of carbonyl (C=O) groups excluding carboxylic acids is 2. The molecule has 0 atom stereocenters. The molecule has 2 amide bonds. The van der Waals surface area contributed by atoms with Crippen molar-refractivity contribution in [3.05, 3.63) is 132 Å². The summed E-state index contributed by atoms with van der Waals surface area (Å²) in [4.78, 5) is 35.1. The quantitative estimate of drug-likeness (QED) is 0.131. The Kier molecular flexibility index (Phi) is 9.46. The van der Waals surface area contributed by atoms with Crippen LogP contribution in [0.3, 0.4) is 0 Å². The summed E-state index contributed by atoms with van der Waals surface area (Å²) in [5.74, 6) is 4.56. The zero-order chi connectivity index (χ0) is 33.3. The monoisotopic (exact) mass is 630 g/mol. The molecule has 6 aromatic rings. The number of aromatic nitrogens is 6. The van der Waals surface area contributed by atoms with Crippen molar-refractivity contribution in [2.24, 2.45) is 0 Å². The van der Waals surface area contributed by atoms with Crippen LogP contribution in [0.5, 0.6) is 0 Å². The number of unbranched alkanes of at least 4 members (excludes halogenated alkanes) is 1. The molecule has 4 aromatic heterocycles. The van der Waals surface area contributed by atoms with Crippen LogP contribution in [-0.2, 0) is 13.1 Å². The van der Waals surface area contributed by atoms with Crippen molar-refractivity contribution in [1.82, 2.24) is 29.5 Å². The van der Waals surface area contributed by atoms with Gasteiger partial charge in [-0.3, -0.25) is 28.9 Å². The molecule has 10 heteroatoms. The molecule has 0 aliphatic carbocycles. The summed E-state index contributed by atoms with van der Waals surface area (Å²) in [5.41, 5.74) is 6.32. The third kappa shape index (κ3) is 7.36. The highest BCUT2D eigenvalue weighted by atomic mass is 16.2. The van der Waals surface area contributed by atoms with Gasteiger partial charge in [0, 0.05) is 71.5 Å². The lowest BCUT2D eigenvalue weighted by molar-refractivity contribution is 0.100. The molecule has 0 radical (unpaired) electrons. The number of carbonyl (C=O) groups is 2. The standard InChI is InChI=1S/C38H30N8O2/c1-3-27-9-7-11-31(23-27)41-37(47)35-25-33(29-13-17-39-18-14-29)43-45(35)21-5-6-22-46-36(26-34(44-46)30-15-19-40-20-16-30)38(48)42-32-12-8-10-28(4-2)24-32/h1-2,7-20,23-26H,5-6,21-22H2,(H,41,47)(H,42,48). The van der Waals surface area contributed by atoms with Crippen molar-refractivity contribution in [2.75, 3.05) is 10.6 Å². The summed E-state index contributed by atoms with van der Waals surface area (Å²) in [5, 5.41) is 15.4. The number of amides is 2. The molecule has 0 aliphatic heterocycles. The molecule has 0 bridgehead atoms. The largest absolute Gasteiger partial charge is 0.321 e. The smallest absolute Gasteiger partial charge is 0.273 e. The maximum Gasteiger partial charge on any atom is 0.273 e. The van der Waals surface area contributed by atoms with E-state index in [0.717, 1.165) is 11.1 Å². The van der Waals surface area contributed by atoms with Crippen LogP contribution in [-0.4, -0.2) is 41.3 Å². The summed E-state index contributed by atoms with van der Waals surface area (Å²) in [7, 11) is 0. The number of benzene rings is 2. The van der Waals surface area contributed by atoms with E-state index in [1.807, 2.05) is 24.3 Å².